The lowest BCUT2D eigenvalue weighted by molar-refractivity contribution is -0.417. The average molecular weight is 2010 g/mol. The molecule has 786 valence electrons. The second-order valence-electron chi connectivity index (χ2n) is 33.6. The van der Waals surface area contributed by atoms with Crippen LogP contribution in [-0.4, -0.2) is 595 Å². The molecule has 11 rings (SSSR count). The monoisotopic (exact) mass is 2010 g/mol. The topological polar surface area (TPSA) is 1050 Å². The normalized spacial score (nSPS) is 49.9. The van der Waals surface area contributed by atoms with E-state index in [1.165, 1.54) is 0 Å². The zero-order valence-corrected chi connectivity index (χ0v) is 70.7. The molecule has 137 heavy (non-hydrogen) atoms. The van der Waals surface area contributed by atoms with Crippen LogP contribution in [0, 0.1) is 0 Å². The van der Waals surface area contributed by atoms with Gasteiger partial charge in [-0.25, -0.2) is 38.4 Å². The molecule has 11 heterocycles. The first kappa shape index (κ1) is 111. The minimum absolute atomic E-state index is 0.914. The van der Waals surface area contributed by atoms with E-state index in [0.29, 0.717) is 0 Å². The fourth-order valence-corrected chi connectivity index (χ4v) is 16.5. The third kappa shape index (κ3) is 23.0. The molecule has 0 aromatic heterocycles. The van der Waals surface area contributed by atoms with Crippen LogP contribution in [0.3, 0.4) is 0 Å². The standard InChI is InChI=1S/C72H108O65/c1-6(74)11(75)15(79)10(5-73)119-66-33(97)37(121-63-28(92)17(81)24(88)41(125-63)55(102)103)48(51(135-66)59(110)111)132-71-46(21(85)13(77)8(3)117-71)130-68-35(99)39(123-65-30(94)19(83)26(90)43(127-65)57(106)107)50(53(137-68)61(114)115)134-72-47(22(86)14(78)9(4)118-72)131-69-34(98)38(122-64-29(93)18(82)25(89)42(126-64)56(104)105)49(52(136-69)60(112)113)133-70-45(20(84)12(76)7(2)116-70)129-67-32(96)36(31(95)44(128-67)58(108)109)120-62-27(91)16(80)23(87)40(124-62)54(100)101/h6-53,62-99H,5H2,1-4H3,(H,100,101)(H,102,103)(H,104,105)(H,106,107)(H,108,109)(H,110,111)(H,112,113)(H,114,115)/t6-,7-,8-,9-,10-,11-,12-,13-,14-,15-,16-,17-,18-,19-,20+,21+,22+,23-,24-,25-,26-,27+,28+,29+,30+,31+,32+,33+,34+,35+,36-,37+,38+,39+,40-,41-,42-,43-,44-,45+,46+,47+,48+,49+,50+,51-,52-,53-,62+,63+,64+,65+,66-,67+,68-,69-,70-,71-,72-/m0/s1. The Morgan fingerprint density at radius 1 is 0.212 bits per heavy atom. The highest BCUT2D eigenvalue weighted by atomic mass is 16.8. The molecule has 11 aliphatic heterocycles. The van der Waals surface area contributed by atoms with Gasteiger partial charge in [-0.15, -0.1) is 0 Å². The molecule has 0 aromatic rings. The van der Waals surface area contributed by atoms with Crippen LogP contribution < -0.4 is 0 Å². The summed E-state index contributed by atoms with van der Waals surface area (Å²) >= 11 is 0. The largest absolute Gasteiger partial charge is 0.479 e. The molecular formula is C72H108O65. The molecule has 11 aliphatic rings. The smallest absolute Gasteiger partial charge is 0.335 e. The molecule has 0 spiro atoms. The summed E-state index contributed by atoms with van der Waals surface area (Å²) in [6.07, 6.45) is -156. The highest BCUT2D eigenvalue weighted by molar-refractivity contribution is 5.76. The maximum absolute atomic E-state index is 14.1. The third-order valence-corrected chi connectivity index (χ3v) is 24.3. The Bertz CT molecular complexity index is 4050. The van der Waals surface area contributed by atoms with Crippen molar-refractivity contribution >= 4 is 47.8 Å². The zero-order valence-electron chi connectivity index (χ0n) is 70.7. The van der Waals surface area contributed by atoms with E-state index in [4.69, 9.17) is 104 Å². The van der Waals surface area contributed by atoms with E-state index in [1.54, 1.807) is 0 Å². The summed E-state index contributed by atoms with van der Waals surface area (Å²) < 4.78 is 125. The molecule has 65 nitrogen and oxygen atoms in total. The van der Waals surface area contributed by atoms with Gasteiger partial charge in [0, 0.05) is 0 Å². The lowest BCUT2D eigenvalue weighted by Crippen LogP contribution is -2.70. The van der Waals surface area contributed by atoms with Crippen LogP contribution in [0.4, 0.5) is 0 Å². The SMILES string of the molecule is C[C@H](O)[C@H](O)[C@@H](O)[C@H](CO)O[C@H]1O[C@H](C(=O)O)[C@H](O[C@@H]2O[C@@H](C)[C@H](O)[C@@H](O)[C@H]2O[C@H]2O[C@H](C(=O)O)[C@H](O[C@@H]3O[C@@H](C)[C@H](O)[C@@H](O)[C@H]3O[C@H]3O[C@H](C(=O)O)[C@H](O[C@@H]4O[C@@H](C)[C@H](O)[C@@H](O)[C@H]4O[C@H]4O[C@H](C(=O)O)[C@H](O)[C@H](O[C@@H]5O[C@H](C(=O)O)[C@@H](O)[C@H](O)[C@H]5O)[C@H]4O)[C@H](O[C@@H]4O[C@H](C(=O)O)[C@@H](O)[C@H](O)[C@H]4O)[C@H]3O)[C@H](O[C@@H]3O[C@H](C(=O)O)[C@@H](O)[C@H](O)[C@H]3O)[C@H]2O)[C@H](O[C@@H]2O[C@H](C(=O)O)[C@@H](O)[C@H](O)[C@H]2O)[C@H]1O. The van der Waals surface area contributed by atoms with Crippen molar-refractivity contribution in [3.8, 4) is 0 Å². The number of carbonyl (C=O) groups is 8. The van der Waals surface area contributed by atoms with Crippen LogP contribution >= 0.6 is 0 Å². The number of aliphatic hydroxyl groups is 27. The van der Waals surface area contributed by atoms with Gasteiger partial charge in [0.1, 0.15) is 220 Å². The molecule has 59 atom stereocenters. The summed E-state index contributed by atoms with van der Waals surface area (Å²) in [5, 5.41) is 387. The first-order chi connectivity index (χ1) is 64.0. The van der Waals surface area contributed by atoms with Crippen molar-refractivity contribution in [2.24, 2.45) is 0 Å². The van der Waals surface area contributed by atoms with Crippen LogP contribution in [0.2, 0.25) is 0 Å². The molecule has 35 N–H and O–H groups in total. The highest BCUT2D eigenvalue weighted by Crippen LogP contribution is 2.44. The van der Waals surface area contributed by atoms with Crippen molar-refractivity contribution in [2.75, 3.05) is 6.61 Å². The minimum atomic E-state index is -3.10. The predicted octanol–water partition coefficient (Wildman–Crippen LogP) is -22.7. The van der Waals surface area contributed by atoms with Crippen molar-refractivity contribution in [3.63, 3.8) is 0 Å². The molecule has 65 heteroatoms. The maximum atomic E-state index is 14.1. The Hall–Kier alpha value is -6.20. The fourth-order valence-electron chi connectivity index (χ4n) is 16.5. The van der Waals surface area contributed by atoms with Gasteiger partial charge in [0.25, 0.3) is 0 Å². The highest BCUT2D eigenvalue weighted by Gasteiger charge is 2.66. The van der Waals surface area contributed by atoms with Crippen LogP contribution in [0.5, 0.6) is 0 Å². The molecule has 11 fully saturated rings. The van der Waals surface area contributed by atoms with Crippen molar-refractivity contribution in [2.45, 2.75) is 390 Å². The predicted molar refractivity (Wildman–Crippen MR) is 396 cm³/mol. The zero-order chi connectivity index (χ0) is 102. The van der Waals surface area contributed by atoms with E-state index in [1.807, 2.05) is 0 Å². The van der Waals surface area contributed by atoms with Gasteiger partial charge >= 0.3 is 47.8 Å². The number of hydrogen-bond acceptors (Lipinski definition) is 57. The van der Waals surface area contributed by atoms with Crippen LogP contribution in [0.25, 0.3) is 0 Å². The molecule has 0 radical (unpaired) electrons. The summed E-state index contributed by atoms with van der Waals surface area (Å²) in [6.45, 7) is 2.38. The van der Waals surface area contributed by atoms with Gasteiger partial charge in [-0.2, -0.15) is 0 Å². The molecule has 0 amide bonds. The second-order valence-corrected chi connectivity index (χ2v) is 33.6. The van der Waals surface area contributed by atoms with Gasteiger partial charge in [-0.05, 0) is 27.7 Å². The van der Waals surface area contributed by atoms with Crippen molar-refractivity contribution in [1.82, 2.24) is 0 Å². The van der Waals surface area contributed by atoms with E-state index in [-0.39, 0.29) is 0 Å². The van der Waals surface area contributed by atoms with E-state index < -0.39 is 417 Å². The van der Waals surface area contributed by atoms with Crippen molar-refractivity contribution in [3.05, 3.63) is 0 Å². The molecule has 0 aromatic carbocycles. The van der Waals surface area contributed by atoms with Crippen molar-refractivity contribution in [1.29, 1.82) is 0 Å². The summed E-state index contributed by atoms with van der Waals surface area (Å²) in [4.78, 5) is 104. The lowest BCUT2D eigenvalue weighted by atomic mass is 9.94. The number of hydrogen-bond donors (Lipinski definition) is 35. The Kier molecular flexibility index (Phi) is 36.8. The number of carboxylic acid groups (broad SMARTS) is 8. The summed E-state index contributed by atoms with van der Waals surface area (Å²) in [7, 11) is 0. The van der Waals surface area contributed by atoms with E-state index in [9.17, 15) is 217 Å². The first-order valence-corrected chi connectivity index (χ1v) is 41.5. The number of ether oxygens (including phenoxy) is 22. The molecule has 0 unspecified atom stereocenters. The van der Waals surface area contributed by atoms with E-state index >= 15 is 0 Å². The van der Waals surface area contributed by atoms with Crippen molar-refractivity contribution < 1.29 is 321 Å². The van der Waals surface area contributed by atoms with Gasteiger partial charge in [-0.1, -0.05) is 0 Å². The number of aliphatic hydroxyl groups excluding tert-OH is 27. The second kappa shape index (κ2) is 45.4. The van der Waals surface area contributed by atoms with Crippen LogP contribution in [0.15, 0.2) is 0 Å². The Morgan fingerprint density at radius 2 is 0.409 bits per heavy atom. The Morgan fingerprint density at radius 3 is 0.650 bits per heavy atom. The summed E-state index contributed by atoms with van der Waals surface area (Å²) in [5.41, 5.74) is 0. The van der Waals surface area contributed by atoms with E-state index in [0.717, 1.165) is 27.7 Å². The number of rotatable bonds is 34. The van der Waals surface area contributed by atoms with Crippen LogP contribution in [-0.2, 0) is 143 Å². The van der Waals surface area contributed by atoms with Gasteiger partial charge in [0.05, 0.1) is 31.0 Å². The number of aliphatic carboxylic acids is 8. The first-order valence-electron chi connectivity index (χ1n) is 41.5. The maximum Gasteiger partial charge on any atom is 0.335 e. The fraction of sp³-hybridized carbons (Fsp3) is 0.889. The van der Waals surface area contributed by atoms with Gasteiger partial charge in [0.2, 0.25) is 0 Å². The molecular weight excluding hydrogens is 1900 g/mol. The van der Waals surface area contributed by atoms with Gasteiger partial charge < -0.3 is 283 Å². The molecule has 0 aliphatic carbocycles. The quantitative estimate of drug-likeness (QED) is 0.0284. The summed E-state index contributed by atoms with van der Waals surface area (Å²) in [6, 6.07) is 0. The van der Waals surface area contributed by atoms with E-state index in [2.05, 4.69) is 0 Å². The Labute approximate surface area is 763 Å². The third-order valence-electron chi connectivity index (χ3n) is 24.3. The Balaban J connectivity index is 0.947. The molecule has 0 saturated carbocycles. The average Bonchev–Trinajstić information content (AvgIpc) is 0.756. The summed E-state index contributed by atoms with van der Waals surface area (Å²) in [5.74, 6) is -17.6. The van der Waals surface area contributed by atoms with Gasteiger partial charge in [0.15, 0.2) is 118 Å². The van der Waals surface area contributed by atoms with Crippen LogP contribution in [0.1, 0.15) is 27.7 Å². The minimum Gasteiger partial charge on any atom is -0.479 e. The molecule has 11 saturated heterocycles. The molecule has 0 bridgehead atoms. The lowest BCUT2D eigenvalue weighted by Gasteiger charge is -2.51. The van der Waals surface area contributed by atoms with Gasteiger partial charge in [-0.3, -0.25) is 0 Å². The number of carboxylic acids is 8.